The van der Waals surface area contributed by atoms with Gasteiger partial charge in [0.05, 0.1) is 6.04 Å². The van der Waals surface area contributed by atoms with Crippen molar-refractivity contribution < 1.29 is 0 Å². The summed E-state index contributed by atoms with van der Waals surface area (Å²) in [5, 5.41) is 0. The highest BCUT2D eigenvalue weighted by Crippen LogP contribution is 2.33. The van der Waals surface area contributed by atoms with E-state index in [1.54, 1.807) is 11.3 Å². The van der Waals surface area contributed by atoms with Gasteiger partial charge in [-0.3, -0.25) is 5.84 Å². The fourth-order valence-corrected chi connectivity index (χ4v) is 3.81. The standard InChI is InChI=1S/C12H16N2S2/c1-7-6-11(16-9(7)3)12(14-13)10-5-4-8(2)15-10/h4-6,12,14H,13H2,1-3H3. The molecule has 0 bridgehead atoms. The van der Waals surface area contributed by atoms with E-state index >= 15 is 0 Å². The number of rotatable bonds is 3. The Morgan fingerprint density at radius 3 is 2.31 bits per heavy atom. The van der Waals surface area contributed by atoms with Gasteiger partial charge in [0.2, 0.25) is 0 Å². The topological polar surface area (TPSA) is 38.0 Å². The molecule has 2 aromatic rings. The van der Waals surface area contributed by atoms with Gasteiger partial charge in [-0.1, -0.05) is 0 Å². The molecule has 2 rings (SSSR count). The second kappa shape index (κ2) is 4.67. The Hall–Kier alpha value is -0.680. The average molecular weight is 252 g/mol. The third-order valence-electron chi connectivity index (χ3n) is 2.68. The quantitative estimate of drug-likeness (QED) is 0.650. The minimum absolute atomic E-state index is 0.135. The Balaban J connectivity index is 2.36. The van der Waals surface area contributed by atoms with E-state index in [9.17, 15) is 0 Å². The molecule has 0 aliphatic rings. The van der Waals surface area contributed by atoms with Crippen LogP contribution in [0.15, 0.2) is 18.2 Å². The number of thiophene rings is 2. The average Bonchev–Trinajstić information content (AvgIpc) is 2.77. The maximum Gasteiger partial charge on any atom is 0.0894 e. The molecule has 2 nitrogen and oxygen atoms in total. The Kier molecular flexibility index (Phi) is 3.44. The first kappa shape index (κ1) is 11.8. The van der Waals surface area contributed by atoms with E-state index in [1.165, 1.54) is 25.1 Å². The van der Waals surface area contributed by atoms with E-state index in [4.69, 9.17) is 5.84 Å². The maximum absolute atomic E-state index is 5.67. The molecule has 2 aromatic heterocycles. The number of aryl methyl sites for hydroxylation is 3. The molecule has 0 spiro atoms. The number of hydrazine groups is 1. The lowest BCUT2D eigenvalue weighted by Gasteiger charge is -2.11. The zero-order chi connectivity index (χ0) is 11.7. The summed E-state index contributed by atoms with van der Waals surface area (Å²) in [7, 11) is 0. The van der Waals surface area contributed by atoms with Crippen molar-refractivity contribution in [3.05, 3.63) is 43.3 Å². The zero-order valence-corrected chi connectivity index (χ0v) is 11.3. The van der Waals surface area contributed by atoms with Gasteiger partial charge >= 0.3 is 0 Å². The molecule has 0 aliphatic carbocycles. The third kappa shape index (κ3) is 2.20. The summed E-state index contributed by atoms with van der Waals surface area (Å²) in [6.07, 6.45) is 0. The third-order valence-corrected chi connectivity index (χ3v) is 4.96. The van der Waals surface area contributed by atoms with Crippen molar-refractivity contribution in [1.82, 2.24) is 5.43 Å². The fraction of sp³-hybridized carbons (Fsp3) is 0.333. The maximum atomic E-state index is 5.67. The first-order valence-electron chi connectivity index (χ1n) is 5.21. The number of nitrogens with two attached hydrogens (primary N) is 1. The minimum atomic E-state index is 0.135. The van der Waals surface area contributed by atoms with Crippen LogP contribution in [-0.2, 0) is 0 Å². The molecule has 4 heteroatoms. The van der Waals surface area contributed by atoms with Crippen molar-refractivity contribution in [3.63, 3.8) is 0 Å². The molecule has 86 valence electrons. The van der Waals surface area contributed by atoms with Crippen molar-refractivity contribution >= 4 is 22.7 Å². The normalized spacial score (nSPS) is 13.0. The van der Waals surface area contributed by atoms with Crippen LogP contribution in [0.4, 0.5) is 0 Å². The molecule has 0 radical (unpaired) electrons. The van der Waals surface area contributed by atoms with Crippen LogP contribution in [0.2, 0.25) is 0 Å². The predicted molar refractivity (Wildman–Crippen MR) is 72.0 cm³/mol. The molecule has 0 aliphatic heterocycles. The molecule has 3 N–H and O–H groups in total. The number of hydrogen-bond donors (Lipinski definition) is 2. The van der Waals surface area contributed by atoms with Crippen molar-refractivity contribution in [2.24, 2.45) is 5.84 Å². The highest BCUT2D eigenvalue weighted by molar-refractivity contribution is 7.13. The Morgan fingerprint density at radius 2 is 1.88 bits per heavy atom. The lowest BCUT2D eigenvalue weighted by atomic mass is 10.2. The van der Waals surface area contributed by atoms with Gasteiger partial charge in [0.1, 0.15) is 0 Å². The second-order valence-electron chi connectivity index (χ2n) is 3.94. The summed E-state index contributed by atoms with van der Waals surface area (Å²) in [6, 6.07) is 6.64. The van der Waals surface area contributed by atoms with Crippen molar-refractivity contribution in [2.45, 2.75) is 26.8 Å². The fourth-order valence-electron chi connectivity index (χ4n) is 1.66. The van der Waals surface area contributed by atoms with Crippen LogP contribution in [0.25, 0.3) is 0 Å². The highest BCUT2D eigenvalue weighted by Gasteiger charge is 2.16. The molecule has 0 saturated heterocycles. The van der Waals surface area contributed by atoms with E-state index in [0.29, 0.717) is 0 Å². The van der Waals surface area contributed by atoms with Gasteiger partial charge in [0, 0.05) is 19.5 Å². The highest BCUT2D eigenvalue weighted by atomic mass is 32.1. The predicted octanol–water partition coefficient (Wildman–Crippen LogP) is 3.29. The molecule has 1 atom stereocenters. The van der Waals surface area contributed by atoms with Crippen LogP contribution in [0.3, 0.4) is 0 Å². The first-order chi connectivity index (χ1) is 7.61. The summed E-state index contributed by atoms with van der Waals surface area (Å²) in [5.74, 6) is 5.67. The molecule has 16 heavy (non-hydrogen) atoms. The van der Waals surface area contributed by atoms with Gasteiger partial charge in [0.15, 0.2) is 0 Å². The molecule has 0 amide bonds. The summed E-state index contributed by atoms with van der Waals surface area (Å²) in [6.45, 7) is 6.41. The molecule has 1 unspecified atom stereocenters. The second-order valence-corrected chi connectivity index (χ2v) is 6.54. The summed E-state index contributed by atoms with van der Waals surface area (Å²) < 4.78 is 0. The molecular formula is C12H16N2S2. The van der Waals surface area contributed by atoms with Gasteiger partial charge in [0.25, 0.3) is 0 Å². The zero-order valence-electron chi connectivity index (χ0n) is 9.70. The van der Waals surface area contributed by atoms with Crippen LogP contribution in [0.5, 0.6) is 0 Å². The van der Waals surface area contributed by atoms with Crippen molar-refractivity contribution in [2.75, 3.05) is 0 Å². The first-order valence-corrected chi connectivity index (χ1v) is 6.84. The largest absolute Gasteiger partial charge is 0.271 e. The van der Waals surface area contributed by atoms with E-state index < -0.39 is 0 Å². The molecular weight excluding hydrogens is 236 g/mol. The molecule has 0 saturated carbocycles. The minimum Gasteiger partial charge on any atom is -0.271 e. The number of nitrogens with one attached hydrogen (secondary N) is 1. The monoisotopic (exact) mass is 252 g/mol. The van der Waals surface area contributed by atoms with Gasteiger partial charge in [-0.25, -0.2) is 5.43 Å². The molecule has 0 fully saturated rings. The Morgan fingerprint density at radius 1 is 1.12 bits per heavy atom. The Labute approximate surface area is 104 Å². The van der Waals surface area contributed by atoms with Crippen LogP contribution in [-0.4, -0.2) is 0 Å². The molecule has 0 aromatic carbocycles. The van der Waals surface area contributed by atoms with Gasteiger partial charge in [-0.15, -0.1) is 22.7 Å². The van der Waals surface area contributed by atoms with Gasteiger partial charge in [-0.2, -0.15) is 0 Å². The summed E-state index contributed by atoms with van der Waals surface area (Å²) >= 11 is 3.61. The van der Waals surface area contributed by atoms with E-state index in [0.717, 1.165) is 0 Å². The van der Waals surface area contributed by atoms with E-state index in [2.05, 4.69) is 44.4 Å². The molecule has 2 heterocycles. The van der Waals surface area contributed by atoms with Crippen molar-refractivity contribution in [1.29, 1.82) is 0 Å². The van der Waals surface area contributed by atoms with Crippen LogP contribution >= 0.6 is 22.7 Å². The number of hydrogen-bond acceptors (Lipinski definition) is 4. The van der Waals surface area contributed by atoms with Crippen LogP contribution in [0, 0.1) is 20.8 Å². The van der Waals surface area contributed by atoms with Gasteiger partial charge in [-0.05, 0) is 44.5 Å². The Bertz CT molecular complexity index is 465. The van der Waals surface area contributed by atoms with Crippen LogP contribution < -0.4 is 11.3 Å². The van der Waals surface area contributed by atoms with E-state index in [1.807, 2.05) is 11.3 Å². The van der Waals surface area contributed by atoms with Crippen molar-refractivity contribution in [3.8, 4) is 0 Å². The van der Waals surface area contributed by atoms with E-state index in [-0.39, 0.29) is 6.04 Å². The van der Waals surface area contributed by atoms with Gasteiger partial charge < -0.3 is 0 Å². The lowest BCUT2D eigenvalue weighted by Crippen LogP contribution is -2.27. The SMILES string of the molecule is Cc1ccc(C(NN)c2cc(C)c(C)s2)s1. The lowest BCUT2D eigenvalue weighted by molar-refractivity contribution is 0.656. The summed E-state index contributed by atoms with van der Waals surface area (Å²) in [5.41, 5.74) is 4.25. The smallest absolute Gasteiger partial charge is 0.0894 e. The summed E-state index contributed by atoms with van der Waals surface area (Å²) in [4.78, 5) is 5.25. The van der Waals surface area contributed by atoms with Crippen LogP contribution in [0.1, 0.15) is 31.1 Å².